The molecule has 4 heteroatoms. The highest BCUT2D eigenvalue weighted by atomic mass is 32.2. The number of hydrogen-bond donors (Lipinski definition) is 1. The van der Waals surface area contributed by atoms with Crippen molar-refractivity contribution >= 4 is 15.6 Å². The zero-order valence-electron chi connectivity index (χ0n) is 7.88. The van der Waals surface area contributed by atoms with Gasteiger partial charge in [0.1, 0.15) is 0 Å². The highest BCUT2D eigenvalue weighted by Crippen LogP contribution is 2.08. The van der Waals surface area contributed by atoms with Crippen LogP contribution in [0.2, 0.25) is 0 Å². The van der Waals surface area contributed by atoms with Crippen LogP contribution in [0.25, 0.3) is 0 Å². The Kier molecular flexibility index (Phi) is 3.15. The standard InChI is InChI=1S/C8H18N2OS/c1-10-6-4-5-8(7-10)9-12(2,3)11/h8H,2,4-7H2,1,3H3,(H,9,11). The summed E-state index contributed by atoms with van der Waals surface area (Å²) in [6, 6.07) is 0.360. The predicted octanol–water partition coefficient (Wildman–Crippen LogP) is -0.0686. The van der Waals surface area contributed by atoms with Crippen LogP contribution in [0.1, 0.15) is 12.8 Å². The lowest BCUT2D eigenvalue weighted by molar-refractivity contribution is 0.243. The number of likely N-dealkylation sites (tertiary alicyclic amines) is 1. The molecule has 0 saturated carbocycles. The number of likely N-dealkylation sites (N-methyl/N-ethyl adjacent to an activating group) is 1. The second-order valence-electron chi connectivity index (χ2n) is 3.72. The molecule has 0 aromatic carbocycles. The average Bonchev–Trinajstić information content (AvgIpc) is 1.82. The zero-order valence-corrected chi connectivity index (χ0v) is 8.69. The van der Waals surface area contributed by atoms with E-state index < -0.39 is 9.71 Å². The molecule has 1 saturated heterocycles. The Morgan fingerprint density at radius 1 is 1.67 bits per heavy atom. The van der Waals surface area contributed by atoms with Crippen molar-refractivity contribution in [2.24, 2.45) is 0 Å². The molecule has 72 valence electrons. The van der Waals surface area contributed by atoms with E-state index in [-0.39, 0.29) is 0 Å². The summed E-state index contributed by atoms with van der Waals surface area (Å²) in [6.45, 7) is 2.14. The highest BCUT2D eigenvalue weighted by Gasteiger charge is 2.17. The predicted molar refractivity (Wildman–Crippen MR) is 54.8 cm³/mol. The molecule has 12 heavy (non-hydrogen) atoms. The largest absolute Gasteiger partial charge is 0.305 e. The second-order valence-corrected chi connectivity index (χ2v) is 5.97. The molecular formula is C8H18N2OS. The molecule has 0 amide bonds. The number of nitrogens with one attached hydrogen (secondary N) is 1. The van der Waals surface area contributed by atoms with Crippen molar-refractivity contribution in [2.45, 2.75) is 18.9 Å². The topological polar surface area (TPSA) is 32.3 Å². The van der Waals surface area contributed by atoms with Crippen LogP contribution in [-0.4, -0.2) is 47.4 Å². The summed E-state index contributed by atoms with van der Waals surface area (Å²) in [5, 5.41) is 0. The van der Waals surface area contributed by atoms with Gasteiger partial charge in [-0.05, 0) is 32.3 Å². The van der Waals surface area contributed by atoms with Gasteiger partial charge >= 0.3 is 0 Å². The lowest BCUT2D eigenvalue weighted by Crippen LogP contribution is -2.45. The molecule has 1 heterocycles. The van der Waals surface area contributed by atoms with Crippen molar-refractivity contribution in [3.05, 3.63) is 0 Å². The van der Waals surface area contributed by atoms with Gasteiger partial charge in [0.2, 0.25) is 0 Å². The van der Waals surface area contributed by atoms with Crippen LogP contribution in [0.3, 0.4) is 0 Å². The Labute approximate surface area is 75.3 Å². The maximum Gasteiger partial charge on any atom is 0.0316 e. The summed E-state index contributed by atoms with van der Waals surface area (Å²) < 4.78 is 14.4. The maximum atomic E-state index is 11.3. The fraction of sp³-hybridized carbons (Fsp3) is 0.875. The minimum Gasteiger partial charge on any atom is -0.305 e. The fourth-order valence-electron chi connectivity index (χ4n) is 1.62. The van der Waals surface area contributed by atoms with Crippen LogP contribution in [0.5, 0.6) is 0 Å². The Morgan fingerprint density at radius 2 is 2.33 bits per heavy atom. The first-order chi connectivity index (χ1) is 5.47. The van der Waals surface area contributed by atoms with Crippen molar-refractivity contribution in [1.82, 2.24) is 9.62 Å². The van der Waals surface area contributed by atoms with E-state index in [4.69, 9.17) is 0 Å². The van der Waals surface area contributed by atoms with E-state index in [1.165, 1.54) is 6.42 Å². The van der Waals surface area contributed by atoms with Gasteiger partial charge in [0.05, 0.1) is 0 Å². The first-order valence-electron chi connectivity index (χ1n) is 4.25. The van der Waals surface area contributed by atoms with Gasteiger partial charge in [-0.1, -0.05) is 0 Å². The molecule has 0 aromatic rings. The van der Waals surface area contributed by atoms with Gasteiger partial charge in [-0.25, -0.2) is 4.72 Å². The quantitative estimate of drug-likeness (QED) is 0.618. The van der Waals surface area contributed by atoms with Crippen molar-refractivity contribution in [3.63, 3.8) is 0 Å². The SMILES string of the molecule is C=S(C)(=O)NC1CCCN(C)C1. The lowest BCUT2D eigenvalue weighted by Gasteiger charge is -2.30. The van der Waals surface area contributed by atoms with Crippen LogP contribution >= 0.6 is 0 Å². The second kappa shape index (κ2) is 3.77. The number of piperidine rings is 1. The van der Waals surface area contributed by atoms with Gasteiger partial charge in [-0.15, -0.1) is 0 Å². The van der Waals surface area contributed by atoms with Crippen molar-refractivity contribution in [3.8, 4) is 0 Å². The van der Waals surface area contributed by atoms with Crippen molar-refractivity contribution in [1.29, 1.82) is 0 Å². The van der Waals surface area contributed by atoms with E-state index in [1.807, 2.05) is 0 Å². The van der Waals surface area contributed by atoms with E-state index in [1.54, 1.807) is 6.26 Å². The van der Waals surface area contributed by atoms with Crippen LogP contribution in [0.15, 0.2) is 0 Å². The molecule has 1 fully saturated rings. The van der Waals surface area contributed by atoms with E-state index in [0.29, 0.717) is 6.04 Å². The first-order valence-corrected chi connectivity index (χ1v) is 6.39. The summed E-state index contributed by atoms with van der Waals surface area (Å²) in [6.07, 6.45) is 3.95. The van der Waals surface area contributed by atoms with E-state index in [0.717, 1.165) is 19.5 Å². The average molecular weight is 190 g/mol. The minimum absolute atomic E-state index is 0.360. The van der Waals surface area contributed by atoms with Crippen LogP contribution in [-0.2, 0) is 9.71 Å². The van der Waals surface area contributed by atoms with Gasteiger partial charge in [-0.2, -0.15) is 0 Å². The molecule has 2 unspecified atom stereocenters. The molecule has 3 nitrogen and oxygen atoms in total. The van der Waals surface area contributed by atoms with Crippen molar-refractivity contribution < 1.29 is 4.21 Å². The van der Waals surface area contributed by atoms with Gasteiger partial charge in [0, 0.05) is 28.6 Å². The van der Waals surface area contributed by atoms with Crippen LogP contribution < -0.4 is 4.72 Å². The monoisotopic (exact) mass is 190 g/mol. The molecule has 1 rings (SSSR count). The third kappa shape index (κ3) is 3.56. The molecule has 1 N–H and O–H groups in total. The summed E-state index contributed by atoms with van der Waals surface area (Å²) >= 11 is 0. The van der Waals surface area contributed by atoms with Gasteiger partial charge in [0.25, 0.3) is 0 Å². The zero-order chi connectivity index (χ0) is 9.19. The van der Waals surface area contributed by atoms with Crippen molar-refractivity contribution in [2.75, 3.05) is 26.4 Å². The molecule has 2 atom stereocenters. The molecule has 1 aliphatic heterocycles. The molecule has 1 aliphatic rings. The number of nitrogens with zero attached hydrogens (tertiary/aromatic N) is 1. The summed E-state index contributed by atoms with van der Waals surface area (Å²) in [5.41, 5.74) is 0. The molecule has 0 spiro atoms. The molecular weight excluding hydrogens is 172 g/mol. The molecule has 0 radical (unpaired) electrons. The van der Waals surface area contributed by atoms with E-state index in [9.17, 15) is 4.21 Å². The maximum absolute atomic E-state index is 11.3. The minimum atomic E-state index is -2.02. The molecule has 0 bridgehead atoms. The summed E-state index contributed by atoms with van der Waals surface area (Å²) in [4.78, 5) is 2.26. The summed E-state index contributed by atoms with van der Waals surface area (Å²) in [5.74, 6) is 3.59. The number of rotatable bonds is 2. The van der Waals surface area contributed by atoms with E-state index in [2.05, 4.69) is 22.5 Å². The normalized spacial score (nSPS) is 31.3. The number of hydrogen-bond acceptors (Lipinski definition) is 2. The smallest absolute Gasteiger partial charge is 0.0316 e. The Bertz CT molecular complexity index is 235. The first kappa shape index (κ1) is 10.0. The Hall–Kier alpha value is -0.0600. The molecule has 0 aliphatic carbocycles. The highest BCUT2D eigenvalue weighted by molar-refractivity contribution is 7.97. The third-order valence-electron chi connectivity index (χ3n) is 2.04. The van der Waals surface area contributed by atoms with Crippen LogP contribution in [0.4, 0.5) is 0 Å². The van der Waals surface area contributed by atoms with Gasteiger partial charge in [-0.3, -0.25) is 4.21 Å². The summed E-state index contributed by atoms with van der Waals surface area (Å²) in [7, 11) is 0.0678. The molecule has 0 aromatic heterocycles. The van der Waals surface area contributed by atoms with Gasteiger partial charge < -0.3 is 4.90 Å². The fourth-order valence-corrected chi connectivity index (χ4v) is 2.51. The lowest BCUT2D eigenvalue weighted by atomic mass is 10.1. The Morgan fingerprint density at radius 3 is 2.83 bits per heavy atom. The van der Waals surface area contributed by atoms with Gasteiger partial charge in [0.15, 0.2) is 0 Å². The Balaban J connectivity index is 2.43. The third-order valence-corrected chi connectivity index (χ3v) is 2.87. The van der Waals surface area contributed by atoms with E-state index >= 15 is 0 Å². The van der Waals surface area contributed by atoms with Crippen LogP contribution in [0, 0.1) is 0 Å².